The second kappa shape index (κ2) is 5.06. The lowest BCUT2D eigenvalue weighted by Gasteiger charge is -2.27. The van der Waals surface area contributed by atoms with Crippen molar-refractivity contribution in [3.63, 3.8) is 0 Å². The fourth-order valence-electron chi connectivity index (χ4n) is 0.907. The Morgan fingerprint density at radius 1 is 1.00 bits per heavy atom. The van der Waals surface area contributed by atoms with Gasteiger partial charge in [-0.15, -0.1) is 12.4 Å². The van der Waals surface area contributed by atoms with Crippen LogP contribution in [-0.4, -0.2) is 18.4 Å². The predicted octanol–water partition coefficient (Wildman–Crippen LogP) is 2.89. The molecule has 0 aromatic rings. The molecule has 0 aromatic carbocycles. The molecular formula is C6H10ClF6N. The van der Waals surface area contributed by atoms with Crippen LogP contribution in [0.5, 0.6) is 0 Å². The van der Waals surface area contributed by atoms with Gasteiger partial charge in [-0.3, -0.25) is 0 Å². The zero-order valence-electron chi connectivity index (χ0n) is 7.12. The number of nitrogens with two attached hydrogens (primary N) is 1. The van der Waals surface area contributed by atoms with Gasteiger partial charge in [0.25, 0.3) is 0 Å². The van der Waals surface area contributed by atoms with Gasteiger partial charge < -0.3 is 5.73 Å². The van der Waals surface area contributed by atoms with E-state index in [9.17, 15) is 26.3 Å². The topological polar surface area (TPSA) is 26.0 Å². The van der Waals surface area contributed by atoms with Crippen LogP contribution in [0.3, 0.4) is 0 Å². The summed E-state index contributed by atoms with van der Waals surface area (Å²) in [6.07, 6.45) is -11.0. The lowest BCUT2D eigenvalue weighted by Crippen LogP contribution is -2.48. The highest BCUT2D eigenvalue weighted by Crippen LogP contribution is 2.41. The molecule has 88 valence electrons. The van der Waals surface area contributed by atoms with Gasteiger partial charge in [-0.05, 0) is 6.42 Å². The summed E-state index contributed by atoms with van der Waals surface area (Å²) in [6, 6.07) is -1.93. The monoisotopic (exact) mass is 245 g/mol. The maximum absolute atomic E-state index is 11.9. The van der Waals surface area contributed by atoms with Crippen molar-refractivity contribution >= 4 is 12.4 Å². The zero-order valence-corrected chi connectivity index (χ0v) is 7.93. The van der Waals surface area contributed by atoms with Crippen molar-refractivity contribution in [3.8, 4) is 0 Å². The molecule has 0 saturated carbocycles. The summed E-state index contributed by atoms with van der Waals surface area (Å²) in [7, 11) is 0. The minimum atomic E-state index is -5.33. The van der Waals surface area contributed by atoms with Gasteiger partial charge in [0.05, 0.1) is 0 Å². The highest BCUT2D eigenvalue weighted by molar-refractivity contribution is 5.85. The van der Waals surface area contributed by atoms with Crippen molar-refractivity contribution in [2.45, 2.75) is 31.7 Å². The Balaban J connectivity index is 0. The van der Waals surface area contributed by atoms with Crippen LogP contribution in [0.25, 0.3) is 0 Å². The molecule has 8 heteroatoms. The molecule has 0 aromatic heterocycles. The minimum absolute atomic E-state index is 0. The van der Waals surface area contributed by atoms with E-state index in [4.69, 9.17) is 5.73 Å². The van der Waals surface area contributed by atoms with Crippen LogP contribution in [0, 0.1) is 5.92 Å². The first-order chi connectivity index (χ1) is 5.60. The van der Waals surface area contributed by atoms with Gasteiger partial charge in [0.1, 0.15) is 0 Å². The summed E-state index contributed by atoms with van der Waals surface area (Å²) < 4.78 is 71.1. The highest BCUT2D eigenvalue weighted by atomic mass is 35.5. The SMILES string of the molecule is CC[C@@H](N)C(C(F)(F)F)C(F)(F)F.Cl. The van der Waals surface area contributed by atoms with Crippen LogP contribution in [-0.2, 0) is 0 Å². The second-order valence-corrected chi connectivity index (χ2v) is 2.63. The number of rotatable bonds is 2. The Kier molecular flexibility index (Phi) is 5.88. The Morgan fingerprint density at radius 3 is 1.36 bits per heavy atom. The van der Waals surface area contributed by atoms with Crippen molar-refractivity contribution in [1.82, 2.24) is 0 Å². The first-order valence-electron chi connectivity index (χ1n) is 3.49. The van der Waals surface area contributed by atoms with Gasteiger partial charge in [0, 0.05) is 6.04 Å². The number of halogens is 7. The van der Waals surface area contributed by atoms with Crippen LogP contribution in [0.4, 0.5) is 26.3 Å². The molecule has 0 amide bonds. The average molecular weight is 246 g/mol. The number of hydrogen-bond donors (Lipinski definition) is 1. The molecular weight excluding hydrogens is 236 g/mol. The van der Waals surface area contributed by atoms with Crippen molar-refractivity contribution < 1.29 is 26.3 Å². The van der Waals surface area contributed by atoms with Gasteiger partial charge in [-0.1, -0.05) is 6.92 Å². The summed E-state index contributed by atoms with van der Waals surface area (Å²) >= 11 is 0. The molecule has 0 unspecified atom stereocenters. The van der Waals surface area contributed by atoms with Crippen LogP contribution in [0.1, 0.15) is 13.3 Å². The Labute approximate surface area is 83.1 Å². The van der Waals surface area contributed by atoms with Crippen LogP contribution >= 0.6 is 12.4 Å². The predicted molar refractivity (Wildman–Crippen MR) is 41.1 cm³/mol. The molecule has 0 rings (SSSR count). The third-order valence-corrected chi connectivity index (χ3v) is 1.60. The van der Waals surface area contributed by atoms with E-state index in [1.165, 1.54) is 6.92 Å². The molecule has 0 bridgehead atoms. The van der Waals surface area contributed by atoms with Crippen molar-refractivity contribution in [3.05, 3.63) is 0 Å². The average Bonchev–Trinajstić information content (AvgIpc) is 1.80. The summed E-state index contributed by atoms with van der Waals surface area (Å²) in [5, 5.41) is 0. The Bertz CT molecular complexity index is 151. The molecule has 0 heterocycles. The largest absolute Gasteiger partial charge is 0.401 e. The van der Waals surface area contributed by atoms with E-state index >= 15 is 0 Å². The standard InChI is InChI=1S/C6H9F6N.ClH/c1-2-3(13)4(5(7,8)9)6(10,11)12;/h3-4H,2,13H2,1H3;1H/t3-;/m1./s1. The maximum atomic E-state index is 11.9. The van der Waals surface area contributed by atoms with E-state index in [1.807, 2.05) is 0 Å². The lowest BCUT2D eigenvalue weighted by molar-refractivity contribution is -0.289. The summed E-state index contributed by atoms with van der Waals surface area (Å²) in [5.41, 5.74) is 4.75. The van der Waals surface area contributed by atoms with E-state index in [0.717, 1.165) is 0 Å². The third kappa shape index (κ3) is 4.36. The Hall–Kier alpha value is -0.170. The minimum Gasteiger partial charge on any atom is -0.327 e. The smallest absolute Gasteiger partial charge is 0.327 e. The van der Waals surface area contributed by atoms with Crippen molar-refractivity contribution in [1.29, 1.82) is 0 Å². The normalized spacial score (nSPS) is 15.2. The molecule has 0 saturated heterocycles. The molecule has 0 radical (unpaired) electrons. The zero-order chi connectivity index (χ0) is 10.9. The Morgan fingerprint density at radius 2 is 1.29 bits per heavy atom. The molecule has 2 N–H and O–H groups in total. The van der Waals surface area contributed by atoms with Crippen LogP contribution < -0.4 is 5.73 Å². The highest BCUT2D eigenvalue weighted by Gasteiger charge is 2.58. The van der Waals surface area contributed by atoms with Gasteiger partial charge in [-0.25, -0.2) is 0 Å². The third-order valence-electron chi connectivity index (χ3n) is 1.60. The molecule has 0 aliphatic heterocycles. The first-order valence-corrected chi connectivity index (χ1v) is 3.49. The molecule has 0 aliphatic carbocycles. The van der Waals surface area contributed by atoms with Crippen molar-refractivity contribution in [2.24, 2.45) is 11.7 Å². The van der Waals surface area contributed by atoms with Crippen LogP contribution in [0.2, 0.25) is 0 Å². The lowest BCUT2D eigenvalue weighted by atomic mass is 9.97. The number of hydrogen-bond acceptors (Lipinski definition) is 1. The van der Waals surface area contributed by atoms with Crippen molar-refractivity contribution in [2.75, 3.05) is 0 Å². The molecule has 0 spiro atoms. The summed E-state index contributed by atoms with van der Waals surface area (Å²) in [4.78, 5) is 0. The molecule has 0 aliphatic rings. The van der Waals surface area contributed by atoms with Gasteiger partial charge in [0.15, 0.2) is 5.92 Å². The quantitative estimate of drug-likeness (QED) is 0.744. The number of alkyl halides is 6. The van der Waals surface area contributed by atoms with E-state index < -0.39 is 24.3 Å². The van der Waals surface area contributed by atoms with Gasteiger partial charge in [0.2, 0.25) is 0 Å². The molecule has 1 atom stereocenters. The first kappa shape index (κ1) is 16.3. The van der Waals surface area contributed by atoms with Gasteiger partial charge >= 0.3 is 12.4 Å². The van der Waals surface area contributed by atoms with E-state index in [1.54, 1.807) is 0 Å². The molecule has 14 heavy (non-hydrogen) atoms. The molecule has 1 nitrogen and oxygen atoms in total. The van der Waals surface area contributed by atoms with Crippen LogP contribution in [0.15, 0.2) is 0 Å². The summed E-state index contributed by atoms with van der Waals surface area (Å²) in [5.74, 6) is -3.43. The van der Waals surface area contributed by atoms with E-state index in [2.05, 4.69) is 0 Å². The summed E-state index contributed by atoms with van der Waals surface area (Å²) in [6.45, 7) is 1.18. The van der Waals surface area contributed by atoms with E-state index in [0.29, 0.717) is 0 Å². The fraction of sp³-hybridized carbons (Fsp3) is 1.00. The van der Waals surface area contributed by atoms with E-state index in [-0.39, 0.29) is 18.8 Å². The fourth-order valence-corrected chi connectivity index (χ4v) is 0.907. The molecule has 0 fully saturated rings. The maximum Gasteiger partial charge on any atom is 0.401 e. The van der Waals surface area contributed by atoms with Gasteiger partial charge in [-0.2, -0.15) is 26.3 Å². The second-order valence-electron chi connectivity index (χ2n) is 2.63.